The minimum atomic E-state index is -1.44. The molecule has 7 heteroatoms. The Kier molecular flexibility index (Phi) is 6.61. The van der Waals surface area contributed by atoms with Crippen molar-refractivity contribution >= 4 is 12.1 Å². The molecule has 0 aromatic heterocycles. The molecule has 1 N–H and O–H groups in total. The number of carbonyl (C=O) groups is 2. The molecule has 0 aromatic carbocycles. The van der Waals surface area contributed by atoms with Crippen LogP contribution in [-0.2, 0) is 14.3 Å². The van der Waals surface area contributed by atoms with Gasteiger partial charge >= 0.3 is 12.1 Å². The van der Waals surface area contributed by atoms with Gasteiger partial charge in [0.2, 0.25) is 0 Å². The number of piperidine rings is 1. The summed E-state index contributed by atoms with van der Waals surface area (Å²) in [5, 5.41) is 2.51. The van der Waals surface area contributed by atoms with Crippen LogP contribution in [-0.4, -0.2) is 61.5 Å². The maximum atomic E-state index is 14.8. The summed E-state index contributed by atoms with van der Waals surface area (Å²) < 4.78 is 24.7. The van der Waals surface area contributed by atoms with Gasteiger partial charge in [0.05, 0.1) is 19.1 Å². The van der Waals surface area contributed by atoms with Crippen LogP contribution in [0.15, 0.2) is 0 Å². The van der Waals surface area contributed by atoms with Gasteiger partial charge in [-0.1, -0.05) is 0 Å². The number of rotatable bonds is 5. The van der Waals surface area contributed by atoms with Crippen molar-refractivity contribution < 1.29 is 23.5 Å². The van der Waals surface area contributed by atoms with Crippen LogP contribution in [0.4, 0.5) is 9.18 Å². The molecule has 1 heterocycles. The largest absolute Gasteiger partial charge is 0.469 e. The highest BCUT2D eigenvalue weighted by atomic mass is 19.1. The molecule has 0 atom stereocenters. The van der Waals surface area contributed by atoms with Crippen LogP contribution in [0, 0.1) is 5.41 Å². The molecule has 0 unspecified atom stereocenters. The smallest absolute Gasteiger partial charge is 0.407 e. The van der Waals surface area contributed by atoms with E-state index in [4.69, 9.17) is 9.47 Å². The molecular weight excluding hydrogens is 315 g/mol. The second kappa shape index (κ2) is 7.68. The zero-order valence-electron chi connectivity index (χ0n) is 15.7. The number of alkyl halides is 1. The van der Waals surface area contributed by atoms with E-state index >= 15 is 0 Å². The normalized spacial score (nSPS) is 18.8. The summed E-state index contributed by atoms with van der Waals surface area (Å²) in [4.78, 5) is 25.4. The second-order valence-corrected chi connectivity index (χ2v) is 8.16. The first-order chi connectivity index (χ1) is 10.9. The molecule has 0 saturated carbocycles. The highest BCUT2D eigenvalue weighted by Crippen LogP contribution is 2.28. The first-order valence-corrected chi connectivity index (χ1v) is 8.33. The van der Waals surface area contributed by atoms with E-state index in [1.54, 1.807) is 20.8 Å². The lowest BCUT2D eigenvalue weighted by atomic mass is 9.89. The van der Waals surface area contributed by atoms with Crippen LogP contribution in [0.5, 0.6) is 0 Å². The quantitative estimate of drug-likeness (QED) is 0.775. The monoisotopic (exact) mass is 346 g/mol. The number of hydrogen-bond acceptors (Lipinski definition) is 5. The zero-order chi connectivity index (χ0) is 18.6. The predicted molar refractivity (Wildman–Crippen MR) is 89.5 cm³/mol. The van der Waals surface area contributed by atoms with Crippen molar-refractivity contribution in [2.75, 3.05) is 33.3 Å². The maximum absolute atomic E-state index is 14.8. The summed E-state index contributed by atoms with van der Waals surface area (Å²) in [6.45, 7) is 10.5. The first-order valence-electron chi connectivity index (χ1n) is 8.33. The van der Waals surface area contributed by atoms with E-state index in [0.29, 0.717) is 32.5 Å². The molecular formula is C17H31FN2O4. The van der Waals surface area contributed by atoms with Gasteiger partial charge in [0.15, 0.2) is 0 Å². The Balaban J connectivity index is 2.43. The Morgan fingerprint density at radius 2 is 1.71 bits per heavy atom. The summed E-state index contributed by atoms with van der Waals surface area (Å²) >= 11 is 0. The van der Waals surface area contributed by atoms with Crippen LogP contribution in [0.25, 0.3) is 0 Å². The molecule has 1 amide bonds. The van der Waals surface area contributed by atoms with Gasteiger partial charge in [-0.3, -0.25) is 4.79 Å². The molecule has 24 heavy (non-hydrogen) atoms. The fourth-order valence-corrected chi connectivity index (χ4v) is 2.73. The van der Waals surface area contributed by atoms with E-state index in [-0.39, 0.29) is 12.5 Å². The minimum absolute atomic E-state index is 0.0594. The lowest BCUT2D eigenvalue weighted by Gasteiger charge is -2.39. The van der Waals surface area contributed by atoms with Crippen LogP contribution in [0.1, 0.15) is 47.5 Å². The van der Waals surface area contributed by atoms with E-state index in [9.17, 15) is 14.0 Å². The number of hydrogen-bond donors (Lipinski definition) is 1. The maximum Gasteiger partial charge on any atom is 0.407 e. The van der Waals surface area contributed by atoms with E-state index in [1.807, 2.05) is 13.8 Å². The summed E-state index contributed by atoms with van der Waals surface area (Å²) in [5.74, 6) is -0.272. The van der Waals surface area contributed by atoms with Crippen LogP contribution in [0.2, 0.25) is 0 Å². The number of nitrogens with zero attached hydrogens (tertiary/aromatic N) is 1. The number of ether oxygens (including phenoxy) is 2. The molecule has 1 saturated heterocycles. The highest BCUT2D eigenvalue weighted by Gasteiger charge is 2.38. The predicted octanol–water partition coefficient (Wildman–Crippen LogP) is 2.51. The van der Waals surface area contributed by atoms with Crippen molar-refractivity contribution in [3.63, 3.8) is 0 Å². The molecule has 0 spiro atoms. The minimum Gasteiger partial charge on any atom is -0.469 e. The molecule has 1 aliphatic rings. The van der Waals surface area contributed by atoms with Crippen molar-refractivity contribution in [1.82, 2.24) is 10.2 Å². The standard InChI is InChI=1S/C17H31FN2O4/c1-15(2,3)24-14(22)19-11-17(18)7-9-20(10-8-17)12-16(4,5)13(21)23-6/h7-12H2,1-6H3,(H,19,22). The zero-order valence-corrected chi connectivity index (χ0v) is 15.7. The van der Waals surface area contributed by atoms with Crippen LogP contribution in [0.3, 0.4) is 0 Å². The third-order valence-corrected chi connectivity index (χ3v) is 4.06. The van der Waals surface area contributed by atoms with Gasteiger partial charge in [-0.2, -0.15) is 0 Å². The average molecular weight is 346 g/mol. The highest BCUT2D eigenvalue weighted by molar-refractivity contribution is 5.76. The molecule has 0 bridgehead atoms. The van der Waals surface area contributed by atoms with Crippen molar-refractivity contribution in [2.45, 2.75) is 58.7 Å². The average Bonchev–Trinajstić information content (AvgIpc) is 2.45. The SMILES string of the molecule is COC(=O)C(C)(C)CN1CCC(F)(CNC(=O)OC(C)(C)C)CC1. The lowest BCUT2D eigenvalue weighted by molar-refractivity contribution is -0.152. The van der Waals surface area contributed by atoms with Gasteiger partial charge in [-0.15, -0.1) is 0 Å². The summed E-state index contributed by atoms with van der Waals surface area (Å²) in [6, 6.07) is 0. The molecule has 1 rings (SSSR count). The Morgan fingerprint density at radius 3 is 2.17 bits per heavy atom. The molecule has 0 aromatic rings. The van der Waals surface area contributed by atoms with Gasteiger partial charge in [0.1, 0.15) is 11.3 Å². The van der Waals surface area contributed by atoms with E-state index < -0.39 is 22.8 Å². The van der Waals surface area contributed by atoms with Gasteiger partial charge in [-0.05, 0) is 47.5 Å². The van der Waals surface area contributed by atoms with Gasteiger partial charge < -0.3 is 19.7 Å². The number of likely N-dealkylation sites (tertiary alicyclic amines) is 1. The Bertz CT molecular complexity index is 452. The number of methoxy groups -OCH3 is 1. The van der Waals surface area contributed by atoms with Crippen molar-refractivity contribution in [3.05, 3.63) is 0 Å². The molecule has 1 aliphatic heterocycles. The van der Waals surface area contributed by atoms with E-state index in [2.05, 4.69) is 10.2 Å². The van der Waals surface area contributed by atoms with Crippen molar-refractivity contribution in [2.24, 2.45) is 5.41 Å². The van der Waals surface area contributed by atoms with Crippen molar-refractivity contribution in [3.8, 4) is 0 Å². The number of alkyl carbamates (subject to hydrolysis) is 1. The Labute approximate surface area is 144 Å². The summed E-state index contributed by atoms with van der Waals surface area (Å²) in [6.07, 6.45) is 0.00823. The molecule has 1 fully saturated rings. The number of amides is 1. The number of carbonyl (C=O) groups excluding carboxylic acids is 2. The molecule has 0 aliphatic carbocycles. The summed E-state index contributed by atoms with van der Waals surface area (Å²) in [7, 11) is 1.37. The van der Waals surface area contributed by atoms with Crippen molar-refractivity contribution in [1.29, 1.82) is 0 Å². The van der Waals surface area contributed by atoms with Crippen LogP contribution >= 0.6 is 0 Å². The van der Waals surface area contributed by atoms with E-state index in [0.717, 1.165) is 0 Å². The second-order valence-electron chi connectivity index (χ2n) is 8.16. The molecule has 6 nitrogen and oxygen atoms in total. The van der Waals surface area contributed by atoms with Gasteiger partial charge in [-0.25, -0.2) is 9.18 Å². The number of nitrogens with one attached hydrogen (secondary N) is 1. The fraction of sp³-hybridized carbons (Fsp3) is 0.882. The molecule has 0 radical (unpaired) electrons. The lowest BCUT2D eigenvalue weighted by Crippen LogP contribution is -2.51. The fourth-order valence-electron chi connectivity index (χ4n) is 2.73. The third kappa shape index (κ3) is 6.63. The van der Waals surface area contributed by atoms with E-state index in [1.165, 1.54) is 7.11 Å². The van der Waals surface area contributed by atoms with Crippen LogP contribution < -0.4 is 5.32 Å². The number of esters is 1. The topological polar surface area (TPSA) is 67.9 Å². The van der Waals surface area contributed by atoms with Gasteiger partial charge in [0, 0.05) is 19.6 Å². The van der Waals surface area contributed by atoms with Gasteiger partial charge in [0.25, 0.3) is 0 Å². The molecule has 140 valence electrons. The Hall–Kier alpha value is -1.37. The number of halogens is 1. The first kappa shape index (κ1) is 20.7. The summed E-state index contributed by atoms with van der Waals surface area (Å²) in [5.41, 5.74) is -2.67. The third-order valence-electron chi connectivity index (χ3n) is 4.06. The Morgan fingerprint density at radius 1 is 1.17 bits per heavy atom.